The molecule has 7 nitrogen and oxygen atoms in total. The predicted octanol–water partition coefficient (Wildman–Crippen LogP) is 6.43. The summed E-state index contributed by atoms with van der Waals surface area (Å²) in [5, 5.41) is 16.0. The van der Waals surface area contributed by atoms with Gasteiger partial charge in [-0.3, -0.25) is 10.1 Å². The zero-order chi connectivity index (χ0) is 24.4. The smallest absolute Gasteiger partial charge is 0.412 e. The average Bonchev–Trinajstić information content (AvgIpc) is 3.58. The summed E-state index contributed by atoms with van der Waals surface area (Å²) in [5.41, 5.74) is 4.15. The quantitative estimate of drug-likeness (QED) is 0.324. The molecule has 0 spiro atoms. The lowest BCUT2D eigenvalue weighted by atomic mass is 9.93. The predicted molar refractivity (Wildman–Crippen MR) is 131 cm³/mol. The molecular formula is C28H24N2O5. The molecule has 1 fully saturated rings. The Morgan fingerprint density at radius 2 is 1.54 bits per heavy atom. The van der Waals surface area contributed by atoms with Crippen LogP contribution in [0, 0.1) is 0 Å². The van der Waals surface area contributed by atoms with E-state index in [0.717, 1.165) is 27.8 Å². The fourth-order valence-corrected chi connectivity index (χ4v) is 4.18. The standard InChI is InChI=1S/C28H24N2O5/c1-18(19-5-3-2-4-6-19)34-27(33)30-24-17-29-35-25(24)22-9-7-20(8-10-22)21-11-13-23(14-12-21)28(15-16-28)26(31)32/h2-14,17-18H,15-16H2,1H3,(H,30,33)(H,31,32). The number of aliphatic carboxylic acids is 1. The summed E-state index contributed by atoms with van der Waals surface area (Å²) in [7, 11) is 0. The molecule has 4 aromatic rings. The molecule has 1 unspecified atom stereocenters. The Bertz CT molecular complexity index is 1340. The van der Waals surface area contributed by atoms with Crippen molar-refractivity contribution in [2.75, 3.05) is 5.32 Å². The zero-order valence-corrected chi connectivity index (χ0v) is 19.1. The van der Waals surface area contributed by atoms with E-state index in [-0.39, 0.29) is 0 Å². The van der Waals surface area contributed by atoms with Gasteiger partial charge in [0.05, 0.1) is 11.6 Å². The minimum Gasteiger partial charge on any atom is -0.481 e. The van der Waals surface area contributed by atoms with Crippen LogP contribution in [0.1, 0.15) is 37.0 Å². The van der Waals surface area contributed by atoms with Crippen LogP contribution in [-0.4, -0.2) is 22.3 Å². The second kappa shape index (κ2) is 9.10. The maximum atomic E-state index is 12.4. The highest BCUT2D eigenvalue weighted by Crippen LogP contribution is 2.48. The van der Waals surface area contributed by atoms with Crippen LogP contribution in [0.5, 0.6) is 0 Å². The first kappa shape index (κ1) is 22.4. The highest BCUT2D eigenvalue weighted by atomic mass is 16.6. The molecule has 2 N–H and O–H groups in total. The van der Waals surface area contributed by atoms with Crippen LogP contribution in [0.15, 0.2) is 89.6 Å². The van der Waals surface area contributed by atoms with Crippen molar-refractivity contribution < 1.29 is 24.0 Å². The van der Waals surface area contributed by atoms with E-state index >= 15 is 0 Å². The van der Waals surface area contributed by atoms with Gasteiger partial charge in [0.15, 0.2) is 5.76 Å². The van der Waals surface area contributed by atoms with Crippen molar-refractivity contribution in [2.45, 2.75) is 31.3 Å². The topological polar surface area (TPSA) is 102 Å². The fraction of sp³-hybridized carbons (Fsp3) is 0.179. The van der Waals surface area contributed by atoms with Crippen LogP contribution < -0.4 is 5.32 Å². The molecule has 5 rings (SSSR count). The summed E-state index contributed by atoms with van der Waals surface area (Å²) in [6, 6.07) is 24.8. The van der Waals surface area contributed by atoms with Crippen LogP contribution in [0.25, 0.3) is 22.5 Å². The number of carboxylic acid groups (broad SMARTS) is 1. The lowest BCUT2D eigenvalue weighted by molar-refractivity contribution is -0.140. The Morgan fingerprint density at radius 3 is 2.14 bits per heavy atom. The Hall–Kier alpha value is -4.39. The van der Waals surface area contributed by atoms with Crippen LogP contribution >= 0.6 is 0 Å². The second-order valence-corrected chi connectivity index (χ2v) is 8.69. The maximum absolute atomic E-state index is 12.4. The van der Waals surface area contributed by atoms with E-state index in [4.69, 9.17) is 9.26 Å². The number of benzene rings is 3. The highest BCUT2D eigenvalue weighted by molar-refractivity contribution is 5.90. The Kier molecular flexibility index (Phi) is 5.82. The monoisotopic (exact) mass is 468 g/mol. The van der Waals surface area contributed by atoms with E-state index < -0.39 is 23.6 Å². The first-order valence-corrected chi connectivity index (χ1v) is 11.4. The van der Waals surface area contributed by atoms with Crippen molar-refractivity contribution in [2.24, 2.45) is 0 Å². The summed E-state index contributed by atoms with van der Waals surface area (Å²) in [4.78, 5) is 24.0. The minimum absolute atomic E-state index is 0.407. The molecule has 35 heavy (non-hydrogen) atoms. The molecule has 1 aliphatic rings. The largest absolute Gasteiger partial charge is 0.481 e. The van der Waals surface area contributed by atoms with E-state index in [1.165, 1.54) is 6.20 Å². The van der Waals surface area contributed by atoms with Crippen LogP contribution in [0.2, 0.25) is 0 Å². The molecule has 1 aliphatic carbocycles. The van der Waals surface area contributed by atoms with E-state index in [9.17, 15) is 14.7 Å². The molecular weight excluding hydrogens is 444 g/mol. The molecule has 0 saturated heterocycles. The van der Waals surface area contributed by atoms with E-state index in [2.05, 4.69) is 10.5 Å². The number of hydrogen-bond acceptors (Lipinski definition) is 5. The molecule has 1 amide bonds. The SMILES string of the molecule is CC(OC(=O)Nc1cnoc1-c1ccc(-c2ccc(C3(C(=O)O)CC3)cc2)cc1)c1ccccc1. The first-order chi connectivity index (χ1) is 17.0. The van der Waals surface area contributed by atoms with Gasteiger partial charge in [0.25, 0.3) is 0 Å². The van der Waals surface area contributed by atoms with Gasteiger partial charge in [0.1, 0.15) is 11.8 Å². The van der Waals surface area contributed by atoms with Crippen molar-refractivity contribution in [3.63, 3.8) is 0 Å². The van der Waals surface area contributed by atoms with Crippen molar-refractivity contribution in [1.29, 1.82) is 0 Å². The van der Waals surface area contributed by atoms with Crippen LogP contribution in [0.3, 0.4) is 0 Å². The Morgan fingerprint density at radius 1 is 0.943 bits per heavy atom. The number of carbonyl (C=O) groups excluding carboxylic acids is 1. The van der Waals surface area contributed by atoms with Gasteiger partial charge >= 0.3 is 12.1 Å². The van der Waals surface area contributed by atoms with Crippen LogP contribution in [0.4, 0.5) is 10.5 Å². The number of carbonyl (C=O) groups is 2. The highest BCUT2D eigenvalue weighted by Gasteiger charge is 2.51. The van der Waals surface area contributed by atoms with Crippen molar-refractivity contribution in [3.8, 4) is 22.5 Å². The van der Waals surface area contributed by atoms with Gasteiger partial charge in [-0.15, -0.1) is 0 Å². The molecule has 1 atom stereocenters. The van der Waals surface area contributed by atoms with Crippen LogP contribution in [-0.2, 0) is 14.9 Å². The Labute approximate surface area is 202 Å². The number of hydrogen-bond donors (Lipinski definition) is 2. The van der Waals surface area contributed by atoms with Gasteiger partial charge in [-0.05, 0) is 42.0 Å². The third kappa shape index (κ3) is 4.53. The molecule has 1 saturated carbocycles. The average molecular weight is 469 g/mol. The number of rotatable bonds is 7. The number of carboxylic acids is 1. The maximum Gasteiger partial charge on any atom is 0.412 e. The van der Waals surface area contributed by atoms with Gasteiger partial charge < -0.3 is 14.4 Å². The van der Waals surface area contributed by atoms with Crippen molar-refractivity contribution in [1.82, 2.24) is 5.16 Å². The third-order valence-corrected chi connectivity index (χ3v) is 6.44. The van der Waals surface area contributed by atoms with E-state index in [1.54, 1.807) is 6.92 Å². The summed E-state index contributed by atoms with van der Waals surface area (Å²) >= 11 is 0. The number of nitrogens with one attached hydrogen (secondary N) is 1. The van der Waals surface area contributed by atoms with E-state index in [0.29, 0.717) is 24.3 Å². The van der Waals surface area contributed by atoms with Crippen molar-refractivity contribution >= 4 is 17.7 Å². The second-order valence-electron chi connectivity index (χ2n) is 8.69. The molecule has 1 aromatic heterocycles. The molecule has 7 heteroatoms. The zero-order valence-electron chi connectivity index (χ0n) is 19.1. The number of ether oxygens (including phenoxy) is 1. The normalized spacial score (nSPS) is 14.7. The molecule has 176 valence electrons. The lowest BCUT2D eigenvalue weighted by Crippen LogP contribution is -2.19. The van der Waals surface area contributed by atoms with Gasteiger partial charge in [0.2, 0.25) is 0 Å². The van der Waals surface area contributed by atoms with Gasteiger partial charge in [0, 0.05) is 5.56 Å². The number of anilines is 1. The molecule has 0 bridgehead atoms. The summed E-state index contributed by atoms with van der Waals surface area (Å²) in [5.74, 6) is -0.335. The third-order valence-electron chi connectivity index (χ3n) is 6.44. The molecule has 3 aromatic carbocycles. The van der Waals surface area contributed by atoms with E-state index in [1.807, 2.05) is 78.9 Å². The first-order valence-electron chi connectivity index (χ1n) is 11.4. The molecule has 0 aliphatic heterocycles. The number of aromatic nitrogens is 1. The van der Waals surface area contributed by atoms with Gasteiger partial charge in [-0.25, -0.2) is 4.79 Å². The lowest BCUT2D eigenvalue weighted by Gasteiger charge is -2.14. The molecule has 0 radical (unpaired) electrons. The van der Waals surface area contributed by atoms with Crippen molar-refractivity contribution in [3.05, 3.63) is 96.2 Å². The summed E-state index contributed by atoms with van der Waals surface area (Å²) in [6.07, 6.45) is 1.80. The summed E-state index contributed by atoms with van der Waals surface area (Å²) < 4.78 is 10.9. The van der Waals surface area contributed by atoms with Gasteiger partial charge in [-0.2, -0.15) is 0 Å². The summed E-state index contributed by atoms with van der Waals surface area (Å²) in [6.45, 7) is 1.81. The minimum atomic E-state index is -0.760. The van der Waals surface area contributed by atoms with Gasteiger partial charge in [-0.1, -0.05) is 84.0 Å². The molecule has 1 heterocycles. The fourth-order valence-electron chi connectivity index (χ4n) is 4.18. The number of amides is 1. The Balaban J connectivity index is 1.27. The number of nitrogens with zero attached hydrogens (tertiary/aromatic N) is 1.